The van der Waals surface area contributed by atoms with Crippen LogP contribution in [0.4, 0.5) is 10.2 Å². The Labute approximate surface area is 317 Å². The first-order chi connectivity index (χ1) is 25.3. The van der Waals surface area contributed by atoms with Crippen LogP contribution in [0.5, 0.6) is 11.5 Å². The molecule has 0 aliphatic carbocycles. The number of rotatable bonds is 15. The fraction of sp³-hybridized carbons (Fsp3) is 0.293. The molecule has 2 aromatic heterocycles. The van der Waals surface area contributed by atoms with Gasteiger partial charge in [-0.25, -0.2) is 4.98 Å². The smallest absolute Gasteiger partial charge is 0.312 e. The summed E-state index contributed by atoms with van der Waals surface area (Å²) in [7, 11) is 0. The van der Waals surface area contributed by atoms with E-state index in [-0.39, 0.29) is 18.7 Å². The van der Waals surface area contributed by atoms with Gasteiger partial charge in [0.2, 0.25) is 6.79 Å². The minimum Gasteiger partial charge on any atom is -0.454 e. The highest BCUT2D eigenvalue weighted by Crippen LogP contribution is 2.41. The molecule has 0 radical (unpaired) electrons. The van der Waals surface area contributed by atoms with E-state index in [0.29, 0.717) is 43.0 Å². The number of ether oxygens (including phenoxy) is 3. The number of aromatic nitrogens is 4. The zero-order chi connectivity index (χ0) is 36.1. The average molecular weight is 813 g/mol. The van der Waals surface area contributed by atoms with Gasteiger partial charge in [0.05, 0.1) is 0 Å². The number of unbranched alkanes of at least 4 members (excludes halogenated alkanes) is 1. The van der Waals surface area contributed by atoms with E-state index in [0.717, 1.165) is 56.8 Å². The van der Waals surface area contributed by atoms with Gasteiger partial charge in [-0.3, -0.25) is 4.90 Å². The van der Waals surface area contributed by atoms with Crippen LogP contribution in [-0.2, 0) is 23.3 Å². The molecule has 3 heterocycles. The highest BCUT2D eigenvalue weighted by atomic mass is 127. The lowest BCUT2D eigenvalue weighted by Crippen LogP contribution is -2.35. The number of hydrogen-bond acceptors (Lipinski definition) is 8. The fourth-order valence-corrected chi connectivity index (χ4v) is 7.57. The monoisotopic (exact) mass is 812 g/mol. The fourth-order valence-electron chi connectivity index (χ4n) is 6.94. The van der Waals surface area contributed by atoms with Crippen LogP contribution >= 0.6 is 22.6 Å². The second-order valence-electron chi connectivity index (χ2n) is 13.2. The van der Waals surface area contributed by atoms with E-state index in [2.05, 4.69) is 124 Å². The highest BCUT2D eigenvalue weighted by molar-refractivity contribution is 14.1. The van der Waals surface area contributed by atoms with Gasteiger partial charge in [-0.15, -0.1) is 0 Å². The van der Waals surface area contributed by atoms with Crippen molar-refractivity contribution in [1.82, 2.24) is 24.4 Å². The third kappa shape index (κ3) is 7.48. The van der Waals surface area contributed by atoms with Crippen molar-refractivity contribution in [2.24, 2.45) is 0 Å². The molecule has 268 valence electrons. The number of fused-ring (bicyclic) bond motifs is 2. The minimum atomic E-state index is -0.867. The quantitative estimate of drug-likeness (QED) is 0.0483. The first kappa shape index (κ1) is 35.8. The topological polar surface area (TPSA) is 101 Å². The molecule has 2 N–H and O–H groups in total. The predicted molar refractivity (Wildman–Crippen MR) is 209 cm³/mol. The van der Waals surface area contributed by atoms with Crippen molar-refractivity contribution >= 4 is 39.6 Å². The van der Waals surface area contributed by atoms with E-state index in [1.807, 2.05) is 34.9 Å². The third-order valence-corrected chi connectivity index (χ3v) is 10.6. The van der Waals surface area contributed by atoms with Gasteiger partial charge in [0, 0.05) is 35.7 Å². The molecule has 0 bridgehead atoms. The van der Waals surface area contributed by atoms with Gasteiger partial charge in [-0.1, -0.05) is 91.0 Å². The number of nitrogens with two attached hydrogens (primary N) is 1. The van der Waals surface area contributed by atoms with Crippen molar-refractivity contribution in [2.75, 3.05) is 32.2 Å². The SMILES string of the molecule is CC(C)N(CCCCOC(c1ccccc1)(c1ccccc1)c1ccccc1)CCn1c(Cc2cc3c(cc2I)OCO3)nc2c(N)nc(F)nc21. The molecule has 9 nitrogen and oxygen atoms in total. The molecule has 52 heavy (non-hydrogen) atoms. The van der Waals surface area contributed by atoms with Crippen molar-refractivity contribution in [3.05, 3.63) is 141 Å². The second kappa shape index (κ2) is 16.0. The number of nitrogens with zero attached hydrogens (tertiary/aromatic N) is 5. The summed E-state index contributed by atoms with van der Waals surface area (Å²) in [6.07, 6.45) is 1.42. The summed E-state index contributed by atoms with van der Waals surface area (Å²) in [5, 5.41) is 0. The number of benzene rings is 4. The maximum Gasteiger partial charge on any atom is 0.312 e. The Morgan fingerprint density at radius 3 is 2.04 bits per heavy atom. The number of nitrogen functional groups attached to an aromatic ring is 1. The van der Waals surface area contributed by atoms with Crippen molar-refractivity contribution in [2.45, 2.75) is 51.3 Å². The molecule has 0 atom stereocenters. The van der Waals surface area contributed by atoms with Crippen molar-refractivity contribution < 1.29 is 18.6 Å². The Bertz CT molecular complexity index is 2020. The predicted octanol–water partition coefficient (Wildman–Crippen LogP) is 7.97. The largest absolute Gasteiger partial charge is 0.454 e. The zero-order valence-electron chi connectivity index (χ0n) is 29.3. The van der Waals surface area contributed by atoms with Crippen molar-refractivity contribution in [1.29, 1.82) is 0 Å². The molecular formula is C41H42FIN6O3. The van der Waals surface area contributed by atoms with E-state index in [9.17, 15) is 4.39 Å². The van der Waals surface area contributed by atoms with Crippen LogP contribution < -0.4 is 15.2 Å². The first-order valence-electron chi connectivity index (χ1n) is 17.6. The van der Waals surface area contributed by atoms with Crippen LogP contribution in [0.25, 0.3) is 11.2 Å². The molecule has 7 rings (SSSR count). The lowest BCUT2D eigenvalue weighted by atomic mass is 9.80. The van der Waals surface area contributed by atoms with Crippen LogP contribution in [0.1, 0.15) is 54.8 Å². The number of halogens is 2. The summed E-state index contributed by atoms with van der Waals surface area (Å²) < 4.78 is 35.7. The number of hydrogen-bond donors (Lipinski definition) is 1. The van der Waals surface area contributed by atoms with Crippen LogP contribution in [-0.4, -0.2) is 57.0 Å². The summed E-state index contributed by atoms with van der Waals surface area (Å²) in [5.41, 5.74) is 10.5. The van der Waals surface area contributed by atoms with Crippen molar-refractivity contribution in [3.8, 4) is 11.5 Å². The molecule has 0 saturated heterocycles. The van der Waals surface area contributed by atoms with Gasteiger partial charge >= 0.3 is 6.08 Å². The van der Waals surface area contributed by atoms with Crippen LogP contribution in [0, 0.1) is 9.65 Å². The van der Waals surface area contributed by atoms with Gasteiger partial charge < -0.3 is 24.5 Å². The third-order valence-electron chi connectivity index (χ3n) is 9.60. The maximum absolute atomic E-state index is 14.5. The number of imidazole rings is 1. The molecule has 11 heteroatoms. The zero-order valence-corrected chi connectivity index (χ0v) is 31.5. The van der Waals surface area contributed by atoms with E-state index in [1.54, 1.807) is 0 Å². The summed E-state index contributed by atoms with van der Waals surface area (Å²) in [4.78, 5) is 15.2. The summed E-state index contributed by atoms with van der Waals surface area (Å²) >= 11 is 2.30. The summed E-state index contributed by atoms with van der Waals surface area (Å²) in [6.45, 7) is 7.30. The molecule has 0 amide bonds. The van der Waals surface area contributed by atoms with Crippen LogP contribution in [0.2, 0.25) is 0 Å². The Kier molecular flexibility index (Phi) is 11.0. The summed E-state index contributed by atoms with van der Waals surface area (Å²) in [5.74, 6) is 2.19. The molecule has 0 fully saturated rings. The van der Waals surface area contributed by atoms with Gasteiger partial charge in [0.1, 0.15) is 11.4 Å². The molecule has 0 spiro atoms. The Hall–Kier alpha value is -4.59. The molecule has 6 aromatic rings. The van der Waals surface area contributed by atoms with Gasteiger partial charge in [0.15, 0.2) is 28.5 Å². The van der Waals surface area contributed by atoms with E-state index < -0.39 is 11.7 Å². The van der Waals surface area contributed by atoms with Crippen LogP contribution in [0.15, 0.2) is 103 Å². The Balaban J connectivity index is 1.07. The van der Waals surface area contributed by atoms with E-state index in [4.69, 9.17) is 24.9 Å². The second-order valence-corrected chi connectivity index (χ2v) is 14.3. The lowest BCUT2D eigenvalue weighted by Gasteiger charge is -2.36. The minimum absolute atomic E-state index is 0.0289. The van der Waals surface area contributed by atoms with Crippen LogP contribution in [0.3, 0.4) is 0 Å². The molecule has 0 saturated carbocycles. The van der Waals surface area contributed by atoms with E-state index >= 15 is 0 Å². The Morgan fingerprint density at radius 2 is 1.44 bits per heavy atom. The lowest BCUT2D eigenvalue weighted by molar-refractivity contribution is 0.00961. The summed E-state index contributed by atoms with van der Waals surface area (Å²) in [6, 6.07) is 35.6. The normalized spacial score (nSPS) is 12.7. The number of anilines is 1. The highest BCUT2D eigenvalue weighted by Gasteiger charge is 2.37. The van der Waals surface area contributed by atoms with Gasteiger partial charge in [-0.2, -0.15) is 14.4 Å². The first-order valence-corrected chi connectivity index (χ1v) is 18.7. The molecule has 1 aliphatic heterocycles. The molecule has 1 aliphatic rings. The maximum atomic E-state index is 14.5. The molecule has 0 unspecified atom stereocenters. The standard InChI is InChI=1S/C41H42FIN6O3/c1-28(2)48(20-12-13-23-52-41(30-14-6-3-7-15-30,31-16-8-4-9-17-31)32-18-10-5-11-19-32)21-22-49-36(45-37-38(44)46-40(42)47-39(37)49)25-29-24-34-35(26-33(29)43)51-27-50-34/h3-11,14-19,24,26,28H,12-13,20-23,25,27H2,1-2H3,(H2,44,46,47). The van der Waals surface area contributed by atoms with Gasteiger partial charge in [-0.05, 0) is 90.2 Å². The Morgan fingerprint density at radius 1 is 0.846 bits per heavy atom. The van der Waals surface area contributed by atoms with Gasteiger partial charge in [0.25, 0.3) is 0 Å². The van der Waals surface area contributed by atoms with Crippen molar-refractivity contribution in [3.63, 3.8) is 0 Å². The molecular weight excluding hydrogens is 770 g/mol. The van der Waals surface area contributed by atoms with E-state index in [1.165, 1.54) is 0 Å². The molecule has 4 aromatic carbocycles. The average Bonchev–Trinajstić information content (AvgIpc) is 3.76.